The molecule has 0 spiro atoms. The Balaban J connectivity index is 2.09. The predicted molar refractivity (Wildman–Crippen MR) is 79.4 cm³/mol. The minimum atomic E-state index is -0.857. The smallest absolute Gasteiger partial charge is 0.308 e. The van der Waals surface area contributed by atoms with Crippen molar-refractivity contribution in [3.8, 4) is 0 Å². The van der Waals surface area contributed by atoms with E-state index in [9.17, 15) is 14.7 Å². The molecule has 0 saturated heterocycles. The number of carbonyl (C=O) groups is 2. The Morgan fingerprint density at radius 2 is 2.10 bits per heavy atom. The van der Waals surface area contributed by atoms with Crippen LogP contribution in [0.25, 0.3) is 0 Å². The van der Waals surface area contributed by atoms with Crippen molar-refractivity contribution in [3.63, 3.8) is 0 Å². The van der Waals surface area contributed by atoms with Gasteiger partial charge in [0.15, 0.2) is 0 Å². The normalized spacial score (nSPS) is 17.4. The number of carboxylic acid groups (broad SMARTS) is 1. The van der Waals surface area contributed by atoms with Crippen molar-refractivity contribution >= 4 is 17.6 Å². The van der Waals surface area contributed by atoms with E-state index in [4.69, 9.17) is 4.74 Å². The van der Waals surface area contributed by atoms with Gasteiger partial charge < -0.3 is 14.7 Å². The molecule has 1 amide bonds. The Bertz CT molecular complexity index is 515. The summed E-state index contributed by atoms with van der Waals surface area (Å²) in [6.07, 6.45) is 1.67. The zero-order valence-electron chi connectivity index (χ0n) is 12.2. The van der Waals surface area contributed by atoms with E-state index in [-0.39, 0.29) is 18.9 Å². The van der Waals surface area contributed by atoms with Crippen LogP contribution >= 0.6 is 0 Å². The molecule has 0 bridgehead atoms. The van der Waals surface area contributed by atoms with Gasteiger partial charge >= 0.3 is 5.97 Å². The van der Waals surface area contributed by atoms with Crippen LogP contribution in [0.3, 0.4) is 0 Å². The maximum atomic E-state index is 12.3. The average Bonchev–Trinajstić information content (AvgIpc) is 2.50. The second-order valence-corrected chi connectivity index (χ2v) is 5.23. The number of carbonyl (C=O) groups excluding carboxylic acids is 1. The van der Waals surface area contributed by atoms with E-state index in [0.29, 0.717) is 19.6 Å². The number of hydrogen-bond donors (Lipinski definition) is 1. The van der Waals surface area contributed by atoms with Gasteiger partial charge in [-0.15, -0.1) is 0 Å². The van der Waals surface area contributed by atoms with Crippen LogP contribution in [-0.2, 0) is 20.7 Å². The standard InChI is InChI=1S/C16H21NO4/c1-2-8-21-9-7-15(18)17-11-13(16(19)20)10-12-5-3-4-6-14(12)17/h3-6,13H,2,7-11H2,1H3,(H,19,20). The lowest BCUT2D eigenvalue weighted by atomic mass is 9.92. The summed E-state index contributed by atoms with van der Waals surface area (Å²) < 4.78 is 5.34. The van der Waals surface area contributed by atoms with Gasteiger partial charge in [0.05, 0.1) is 18.9 Å². The fourth-order valence-electron chi connectivity index (χ4n) is 2.54. The molecule has 1 unspecified atom stereocenters. The van der Waals surface area contributed by atoms with Gasteiger partial charge in [0.25, 0.3) is 0 Å². The highest BCUT2D eigenvalue weighted by atomic mass is 16.5. The van der Waals surface area contributed by atoms with Crippen LogP contribution in [0.4, 0.5) is 5.69 Å². The lowest BCUT2D eigenvalue weighted by Crippen LogP contribution is -2.42. The summed E-state index contributed by atoms with van der Waals surface area (Å²) in [6, 6.07) is 7.50. The van der Waals surface area contributed by atoms with Crippen LogP contribution in [0.15, 0.2) is 24.3 Å². The predicted octanol–water partition coefficient (Wildman–Crippen LogP) is 2.09. The lowest BCUT2D eigenvalue weighted by molar-refractivity contribution is -0.141. The zero-order valence-corrected chi connectivity index (χ0v) is 12.2. The first-order chi connectivity index (χ1) is 10.1. The first-order valence-corrected chi connectivity index (χ1v) is 7.32. The molecular formula is C16H21NO4. The summed E-state index contributed by atoms with van der Waals surface area (Å²) in [5, 5.41) is 9.25. The van der Waals surface area contributed by atoms with Crippen molar-refractivity contribution in [3.05, 3.63) is 29.8 Å². The first-order valence-electron chi connectivity index (χ1n) is 7.32. The second-order valence-electron chi connectivity index (χ2n) is 5.23. The molecule has 1 aliphatic heterocycles. The summed E-state index contributed by atoms with van der Waals surface area (Å²) in [6.45, 7) is 3.27. The third-order valence-electron chi connectivity index (χ3n) is 3.61. The van der Waals surface area contributed by atoms with Gasteiger partial charge in [0, 0.05) is 18.8 Å². The molecule has 1 aromatic rings. The molecule has 5 nitrogen and oxygen atoms in total. The summed E-state index contributed by atoms with van der Waals surface area (Å²) in [5.41, 5.74) is 1.74. The van der Waals surface area contributed by atoms with Gasteiger partial charge in [-0.25, -0.2) is 0 Å². The first kappa shape index (κ1) is 15.5. The van der Waals surface area contributed by atoms with Crippen molar-refractivity contribution in [2.75, 3.05) is 24.7 Å². The van der Waals surface area contributed by atoms with Crippen LogP contribution in [0, 0.1) is 5.92 Å². The lowest BCUT2D eigenvalue weighted by Gasteiger charge is -2.33. The van der Waals surface area contributed by atoms with Gasteiger partial charge in [-0.05, 0) is 24.5 Å². The highest BCUT2D eigenvalue weighted by Gasteiger charge is 2.31. The number of hydrogen-bond acceptors (Lipinski definition) is 3. The molecular weight excluding hydrogens is 270 g/mol. The molecule has 1 aliphatic rings. The highest BCUT2D eigenvalue weighted by molar-refractivity contribution is 5.95. The van der Waals surface area contributed by atoms with Crippen molar-refractivity contribution in [2.45, 2.75) is 26.2 Å². The number of anilines is 1. The molecule has 0 radical (unpaired) electrons. The molecule has 1 N–H and O–H groups in total. The van der Waals surface area contributed by atoms with Gasteiger partial charge in [-0.3, -0.25) is 9.59 Å². The summed E-state index contributed by atoms with van der Waals surface area (Å²) in [4.78, 5) is 25.2. The maximum Gasteiger partial charge on any atom is 0.308 e. The summed E-state index contributed by atoms with van der Waals surface area (Å²) in [7, 11) is 0. The monoisotopic (exact) mass is 291 g/mol. The Morgan fingerprint density at radius 3 is 2.81 bits per heavy atom. The molecule has 114 valence electrons. The molecule has 21 heavy (non-hydrogen) atoms. The quantitative estimate of drug-likeness (QED) is 0.815. The average molecular weight is 291 g/mol. The van der Waals surface area contributed by atoms with Crippen molar-refractivity contribution < 1.29 is 19.4 Å². The SMILES string of the molecule is CCCOCCC(=O)N1CC(C(=O)O)Cc2ccccc21. The second kappa shape index (κ2) is 7.22. The van der Waals surface area contributed by atoms with E-state index < -0.39 is 11.9 Å². The largest absolute Gasteiger partial charge is 0.481 e. The van der Waals surface area contributed by atoms with E-state index in [0.717, 1.165) is 17.7 Å². The molecule has 1 aromatic carbocycles. The van der Waals surface area contributed by atoms with Crippen LogP contribution in [0.1, 0.15) is 25.3 Å². The number of nitrogens with zero attached hydrogens (tertiary/aromatic N) is 1. The number of aliphatic carboxylic acids is 1. The molecule has 1 atom stereocenters. The van der Waals surface area contributed by atoms with E-state index in [1.165, 1.54) is 0 Å². The minimum Gasteiger partial charge on any atom is -0.481 e. The van der Waals surface area contributed by atoms with Crippen LogP contribution in [0.2, 0.25) is 0 Å². The van der Waals surface area contributed by atoms with Crippen LogP contribution < -0.4 is 4.90 Å². The molecule has 0 fully saturated rings. The number of carboxylic acids is 1. The van der Waals surface area contributed by atoms with Gasteiger partial charge in [-0.2, -0.15) is 0 Å². The Morgan fingerprint density at radius 1 is 1.33 bits per heavy atom. The number of fused-ring (bicyclic) bond motifs is 1. The van der Waals surface area contributed by atoms with Crippen molar-refractivity contribution in [1.29, 1.82) is 0 Å². The molecule has 0 aliphatic carbocycles. The third-order valence-corrected chi connectivity index (χ3v) is 3.61. The van der Waals surface area contributed by atoms with E-state index in [1.54, 1.807) is 4.90 Å². The maximum absolute atomic E-state index is 12.3. The summed E-state index contributed by atoms with van der Waals surface area (Å²) in [5.74, 6) is -1.48. The Labute approximate surface area is 124 Å². The van der Waals surface area contributed by atoms with Crippen molar-refractivity contribution in [1.82, 2.24) is 0 Å². The zero-order chi connectivity index (χ0) is 15.2. The molecule has 1 heterocycles. The van der Waals surface area contributed by atoms with E-state index in [2.05, 4.69) is 0 Å². The van der Waals surface area contributed by atoms with E-state index >= 15 is 0 Å². The topological polar surface area (TPSA) is 66.8 Å². The van der Waals surface area contributed by atoms with Crippen LogP contribution in [-0.4, -0.2) is 36.7 Å². The fraction of sp³-hybridized carbons (Fsp3) is 0.500. The molecule has 0 aromatic heterocycles. The van der Waals surface area contributed by atoms with E-state index in [1.807, 2.05) is 31.2 Å². The van der Waals surface area contributed by atoms with Crippen molar-refractivity contribution in [2.24, 2.45) is 5.92 Å². The highest BCUT2D eigenvalue weighted by Crippen LogP contribution is 2.30. The summed E-state index contributed by atoms with van der Waals surface area (Å²) >= 11 is 0. The van der Waals surface area contributed by atoms with Gasteiger partial charge in [0.2, 0.25) is 5.91 Å². The Hall–Kier alpha value is -1.88. The molecule has 0 saturated carbocycles. The number of amides is 1. The molecule has 2 rings (SSSR count). The minimum absolute atomic E-state index is 0.0792. The number of para-hydroxylation sites is 1. The fourth-order valence-corrected chi connectivity index (χ4v) is 2.54. The number of rotatable bonds is 6. The number of ether oxygens (including phenoxy) is 1. The van der Waals surface area contributed by atoms with Crippen LogP contribution in [0.5, 0.6) is 0 Å². The number of benzene rings is 1. The molecule has 5 heteroatoms. The third kappa shape index (κ3) is 3.82. The Kier molecular flexibility index (Phi) is 5.33. The van der Waals surface area contributed by atoms with Gasteiger partial charge in [0.1, 0.15) is 0 Å². The van der Waals surface area contributed by atoms with Gasteiger partial charge in [-0.1, -0.05) is 25.1 Å².